The number of nitriles is 1. The monoisotopic (exact) mass is 353 g/mol. The van der Waals surface area contributed by atoms with E-state index in [1.54, 1.807) is 12.1 Å². The van der Waals surface area contributed by atoms with Crippen LogP contribution in [-0.4, -0.2) is 41.9 Å². The molecular weight excluding hydrogens is 334 g/mol. The van der Waals surface area contributed by atoms with Gasteiger partial charge in [0.25, 0.3) is 5.91 Å². The molecular formula is C20H20ClN3O. The van der Waals surface area contributed by atoms with Crippen molar-refractivity contribution >= 4 is 17.5 Å². The number of piperazine rings is 1. The van der Waals surface area contributed by atoms with E-state index in [4.69, 9.17) is 11.6 Å². The Morgan fingerprint density at radius 1 is 1.08 bits per heavy atom. The lowest BCUT2D eigenvalue weighted by molar-refractivity contribution is 0.0606. The van der Waals surface area contributed by atoms with Crippen LogP contribution in [0.25, 0.3) is 0 Å². The molecule has 128 valence electrons. The Balaban J connectivity index is 1.69. The third-order valence-corrected chi connectivity index (χ3v) is 5.01. The van der Waals surface area contributed by atoms with E-state index in [9.17, 15) is 10.1 Å². The zero-order valence-corrected chi connectivity index (χ0v) is 14.9. The molecule has 3 rings (SSSR count). The Hall–Kier alpha value is -2.35. The number of aryl methyl sites for hydroxylation is 1. The number of carbonyl (C=O) groups excluding carboxylic acids is 1. The number of hydrogen-bond donors (Lipinski definition) is 0. The van der Waals surface area contributed by atoms with E-state index in [0.29, 0.717) is 36.8 Å². The summed E-state index contributed by atoms with van der Waals surface area (Å²) in [4.78, 5) is 16.6. The third kappa shape index (κ3) is 3.68. The standard InChI is InChI=1S/C20H20ClN3O/c1-15-6-2-3-7-16(15)19(14-22)23-10-12-24(13-11-23)20(25)17-8-4-5-9-18(17)21/h2-9,19H,10-13H2,1H3. The van der Waals surface area contributed by atoms with Gasteiger partial charge in [0.1, 0.15) is 6.04 Å². The second kappa shape index (κ2) is 7.69. The highest BCUT2D eigenvalue weighted by molar-refractivity contribution is 6.33. The molecule has 2 aromatic rings. The molecule has 1 aliphatic heterocycles. The van der Waals surface area contributed by atoms with Crippen molar-refractivity contribution in [3.63, 3.8) is 0 Å². The van der Waals surface area contributed by atoms with E-state index in [-0.39, 0.29) is 11.9 Å². The molecule has 1 unspecified atom stereocenters. The van der Waals surface area contributed by atoms with Gasteiger partial charge in [-0.3, -0.25) is 9.69 Å². The van der Waals surface area contributed by atoms with Crippen LogP contribution in [0.2, 0.25) is 5.02 Å². The van der Waals surface area contributed by atoms with Crippen molar-refractivity contribution in [3.8, 4) is 6.07 Å². The summed E-state index contributed by atoms with van der Waals surface area (Å²) in [6.45, 7) is 4.55. The largest absolute Gasteiger partial charge is 0.336 e. The Kier molecular flexibility index (Phi) is 5.37. The second-order valence-electron chi connectivity index (χ2n) is 6.20. The van der Waals surface area contributed by atoms with E-state index in [0.717, 1.165) is 11.1 Å². The second-order valence-corrected chi connectivity index (χ2v) is 6.60. The molecule has 0 spiro atoms. The Labute approximate surface area is 153 Å². The Morgan fingerprint density at radius 2 is 1.72 bits per heavy atom. The van der Waals surface area contributed by atoms with Crippen LogP contribution in [0, 0.1) is 18.3 Å². The van der Waals surface area contributed by atoms with Crippen LogP contribution >= 0.6 is 11.6 Å². The van der Waals surface area contributed by atoms with E-state index in [1.807, 2.05) is 48.2 Å². The first kappa shape index (κ1) is 17.5. The summed E-state index contributed by atoms with van der Waals surface area (Å²) < 4.78 is 0. The first-order chi connectivity index (χ1) is 12.1. The number of halogens is 1. The van der Waals surface area contributed by atoms with Crippen LogP contribution in [0.3, 0.4) is 0 Å². The summed E-state index contributed by atoms with van der Waals surface area (Å²) >= 11 is 6.14. The Morgan fingerprint density at radius 3 is 2.36 bits per heavy atom. The van der Waals surface area contributed by atoms with Gasteiger partial charge in [-0.05, 0) is 30.2 Å². The zero-order chi connectivity index (χ0) is 17.8. The summed E-state index contributed by atoms with van der Waals surface area (Å²) in [6.07, 6.45) is 0. The molecule has 0 radical (unpaired) electrons. The third-order valence-electron chi connectivity index (χ3n) is 4.68. The molecule has 2 aromatic carbocycles. The molecule has 0 saturated carbocycles. The lowest BCUT2D eigenvalue weighted by atomic mass is 10.0. The number of nitrogens with zero attached hydrogens (tertiary/aromatic N) is 3. The highest BCUT2D eigenvalue weighted by atomic mass is 35.5. The molecule has 0 bridgehead atoms. The maximum Gasteiger partial charge on any atom is 0.255 e. The fourth-order valence-corrected chi connectivity index (χ4v) is 3.45. The number of benzene rings is 2. The van der Waals surface area contributed by atoms with Crippen LogP contribution in [0.5, 0.6) is 0 Å². The van der Waals surface area contributed by atoms with Gasteiger partial charge in [0.05, 0.1) is 16.7 Å². The first-order valence-electron chi connectivity index (χ1n) is 8.35. The van der Waals surface area contributed by atoms with Crippen molar-refractivity contribution in [1.29, 1.82) is 5.26 Å². The van der Waals surface area contributed by atoms with Crippen molar-refractivity contribution in [3.05, 3.63) is 70.2 Å². The molecule has 1 atom stereocenters. The van der Waals surface area contributed by atoms with E-state index < -0.39 is 0 Å². The van der Waals surface area contributed by atoms with Gasteiger partial charge < -0.3 is 4.90 Å². The molecule has 25 heavy (non-hydrogen) atoms. The van der Waals surface area contributed by atoms with Gasteiger partial charge >= 0.3 is 0 Å². The minimum Gasteiger partial charge on any atom is -0.336 e. The van der Waals surface area contributed by atoms with E-state index in [2.05, 4.69) is 11.0 Å². The molecule has 0 N–H and O–H groups in total. The molecule has 4 nitrogen and oxygen atoms in total. The summed E-state index contributed by atoms with van der Waals surface area (Å²) in [5.41, 5.74) is 2.69. The summed E-state index contributed by atoms with van der Waals surface area (Å²) in [7, 11) is 0. The minimum atomic E-state index is -0.279. The average molecular weight is 354 g/mol. The molecule has 0 aliphatic carbocycles. The quantitative estimate of drug-likeness (QED) is 0.845. The van der Waals surface area contributed by atoms with Crippen molar-refractivity contribution in [2.24, 2.45) is 0 Å². The fourth-order valence-electron chi connectivity index (χ4n) is 3.23. The van der Waals surface area contributed by atoms with Crippen molar-refractivity contribution in [2.45, 2.75) is 13.0 Å². The number of hydrogen-bond acceptors (Lipinski definition) is 3. The van der Waals surface area contributed by atoms with Crippen LogP contribution in [0.1, 0.15) is 27.5 Å². The highest BCUT2D eigenvalue weighted by Gasteiger charge is 2.28. The van der Waals surface area contributed by atoms with Crippen LogP contribution in [-0.2, 0) is 0 Å². The predicted octanol–water partition coefficient (Wildman–Crippen LogP) is 3.67. The van der Waals surface area contributed by atoms with Crippen LogP contribution in [0.4, 0.5) is 0 Å². The van der Waals surface area contributed by atoms with Crippen molar-refractivity contribution < 1.29 is 4.79 Å². The number of amides is 1. The van der Waals surface area contributed by atoms with Crippen LogP contribution < -0.4 is 0 Å². The molecule has 1 amide bonds. The van der Waals surface area contributed by atoms with Gasteiger partial charge in [0, 0.05) is 26.2 Å². The molecule has 1 saturated heterocycles. The zero-order valence-electron chi connectivity index (χ0n) is 14.2. The smallest absolute Gasteiger partial charge is 0.255 e. The van der Waals surface area contributed by atoms with Gasteiger partial charge in [0.15, 0.2) is 0 Å². The summed E-state index contributed by atoms with van der Waals surface area (Å²) in [5, 5.41) is 10.1. The number of rotatable bonds is 3. The highest BCUT2D eigenvalue weighted by Crippen LogP contribution is 2.25. The topological polar surface area (TPSA) is 47.3 Å². The summed E-state index contributed by atoms with van der Waals surface area (Å²) in [5.74, 6) is -0.0466. The molecule has 1 heterocycles. The van der Waals surface area contributed by atoms with Gasteiger partial charge in [-0.25, -0.2) is 0 Å². The maximum atomic E-state index is 12.6. The average Bonchev–Trinajstić information content (AvgIpc) is 2.64. The lowest BCUT2D eigenvalue weighted by Crippen LogP contribution is -2.49. The lowest BCUT2D eigenvalue weighted by Gasteiger charge is -2.37. The SMILES string of the molecule is Cc1ccccc1C(C#N)N1CCN(C(=O)c2ccccc2Cl)CC1. The predicted molar refractivity (Wildman–Crippen MR) is 98.5 cm³/mol. The van der Waals surface area contributed by atoms with Crippen molar-refractivity contribution in [2.75, 3.05) is 26.2 Å². The summed E-state index contributed by atoms with van der Waals surface area (Å²) in [6, 6.07) is 17.2. The van der Waals surface area contributed by atoms with Crippen molar-refractivity contribution in [1.82, 2.24) is 9.80 Å². The Bertz CT molecular complexity index is 807. The van der Waals surface area contributed by atoms with Gasteiger partial charge in [-0.2, -0.15) is 5.26 Å². The van der Waals surface area contributed by atoms with Gasteiger partial charge in [-0.1, -0.05) is 48.0 Å². The number of carbonyl (C=O) groups is 1. The van der Waals surface area contributed by atoms with Crippen LogP contribution in [0.15, 0.2) is 48.5 Å². The maximum absolute atomic E-state index is 12.6. The molecule has 0 aromatic heterocycles. The van der Waals surface area contributed by atoms with E-state index >= 15 is 0 Å². The molecule has 1 aliphatic rings. The minimum absolute atomic E-state index is 0.0466. The van der Waals surface area contributed by atoms with Gasteiger partial charge in [0.2, 0.25) is 0 Å². The fraction of sp³-hybridized carbons (Fsp3) is 0.300. The normalized spacial score (nSPS) is 16.3. The van der Waals surface area contributed by atoms with E-state index in [1.165, 1.54) is 0 Å². The first-order valence-corrected chi connectivity index (χ1v) is 8.72. The molecule has 5 heteroatoms. The molecule has 1 fully saturated rings. The van der Waals surface area contributed by atoms with Gasteiger partial charge in [-0.15, -0.1) is 0 Å².